The van der Waals surface area contributed by atoms with Crippen LogP contribution in [-0.2, 0) is 21.8 Å². The SMILES string of the molecule is CCOC(=O)Cc1cc(C#N)cc(CCl)c1S. The van der Waals surface area contributed by atoms with Crippen LogP contribution >= 0.6 is 24.2 Å². The van der Waals surface area contributed by atoms with Crippen molar-refractivity contribution in [1.29, 1.82) is 5.26 Å². The van der Waals surface area contributed by atoms with Gasteiger partial charge in [0.15, 0.2) is 0 Å². The number of esters is 1. The number of hydrogen-bond acceptors (Lipinski definition) is 4. The molecule has 5 heteroatoms. The quantitative estimate of drug-likeness (QED) is 0.519. The Morgan fingerprint density at radius 1 is 1.53 bits per heavy atom. The molecule has 0 unspecified atom stereocenters. The van der Waals surface area contributed by atoms with E-state index in [2.05, 4.69) is 12.6 Å². The summed E-state index contributed by atoms with van der Waals surface area (Å²) in [5.74, 6) is -0.0807. The number of nitrogens with zero attached hydrogens (tertiary/aromatic N) is 1. The van der Waals surface area contributed by atoms with Crippen molar-refractivity contribution in [3.8, 4) is 6.07 Å². The molecule has 0 radical (unpaired) electrons. The molecule has 0 atom stereocenters. The van der Waals surface area contributed by atoms with Crippen molar-refractivity contribution < 1.29 is 9.53 Å². The molecule has 0 saturated heterocycles. The Hall–Kier alpha value is -1.18. The maximum absolute atomic E-state index is 11.4. The number of hydrogen-bond donors (Lipinski definition) is 1. The number of alkyl halides is 1. The highest BCUT2D eigenvalue weighted by Gasteiger charge is 2.11. The van der Waals surface area contributed by atoms with E-state index in [1.165, 1.54) is 0 Å². The van der Waals surface area contributed by atoms with E-state index in [4.69, 9.17) is 21.6 Å². The highest BCUT2D eigenvalue weighted by molar-refractivity contribution is 7.80. The predicted octanol–water partition coefficient (Wildman–Crippen LogP) is 2.69. The van der Waals surface area contributed by atoms with E-state index in [0.717, 1.165) is 5.56 Å². The first-order valence-corrected chi connectivity index (χ1v) is 6.07. The average molecular weight is 270 g/mol. The van der Waals surface area contributed by atoms with E-state index in [9.17, 15) is 4.79 Å². The summed E-state index contributed by atoms with van der Waals surface area (Å²) >= 11 is 10.1. The smallest absolute Gasteiger partial charge is 0.310 e. The fraction of sp³-hybridized carbons (Fsp3) is 0.333. The maximum Gasteiger partial charge on any atom is 0.310 e. The molecule has 0 heterocycles. The van der Waals surface area contributed by atoms with Crippen LogP contribution in [0.1, 0.15) is 23.6 Å². The Labute approximate surface area is 111 Å². The number of halogens is 1. The van der Waals surface area contributed by atoms with E-state index in [-0.39, 0.29) is 18.3 Å². The topological polar surface area (TPSA) is 50.1 Å². The third-order valence-corrected chi connectivity index (χ3v) is 3.04. The number of carbonyl (C=O) groups is 1. The van der Waals surface area contributed by atoms with Crippen molar-refractivity contribution in [2.24, 2.45) is 0 Å². The summed E-state index contributed by atoms with van der Waals surface area (Å²) in [5, 5.41) is 8.88. The Bertz CT molecular complexity index is 468. The Morgan fingerprint density at radius 3 is 2.71 bits per heavy atom. The first kappa shape index (κ1) is 13.9. The molecule has 0 amide bonds. The third kappa shape index (κ3) is 3.65. The van der Waals surface area contributed by atoms with Crippen molar-refractivity contribution in [3.63, 3.8) is 0 Å². The van der Waals surface area contributed by atoms with Crippen molar-refractivity contribution in [1.82, 2.24) is 0 Å². The number of ether oxygens (including phenoxy) is 1. The summed E-state index contributed by atoms with van der Waals surface area (Å²) in [7, 11) is 0. The van der Waals surface area contributed by atoms with Crippen molar-refractivity contribution in [3.05, 3.63) is 28.8 Å². The molecule has 0 aliphatic heterocycles. The third-order valence-electron chi connectivity index (χ3n) is 2.18. The summed E-state index contributed by atoms with van der Waals surface area (Å²) in [6.07, 6.45) is 0.103. The molecule has 1 aromatic carbocycles. The van der Waals surface area contributed by atoms with Gasteiger partial charge in [-0.1, -0.05) is 0 Å². The summed E-state index contributed by atoms with van der Waals surface area (Å²) in [5.41, 5.74) is 1.88. The van der Waals surface area contributed by atoms with Gasteiger partial charge in [0.2, 0.25) is 0 Å². The number of nitriles is 1. The monoisotopic (exact) mass is 269 g/mol. The van der Waals surface area contributed by atoms with Crippen molar-refractivity contribution in [2.45, 2.75) is 24.1 Å². The molecule has 0 fully saturated rings. The van der Waals surface area contributed by atoms with Gasteiger partial charge >= 0.3 is 5.97 Å². The number of benzene rings is 1. The van der Waals surface area contributed by atoms with Gasteiger partial charge in [0.05, 0.1) is 24.7 Å². The van der Waals surface area contributed by atoms with Crippen molar-refractivity contribution >= 4 is 30.2 Å². The van der Waals surface area contributed by atoms with Crippen LogP contribution in [0.25, 0.3) is 0 Å². The van der Waals surface area contributed by atoms with Crippen LogP contribution in [0, 0.1) is 11.3 Å². The number of thiol groups is 1. The summed E-state index contributed by atoms with van der Waals surface area (Å²) in [6.45, 7) is 2.08. The maximum atomic E-state index is 11.4. The fourth-order valence-corrected chi connectivity index (χ4v) is 2.02. The molecule has 1 rings (SSSR count). The lowest BCUT2D eigenvalue weighted by Crippen LogP contribution is -2.09. The average Bonchev–Trinajstić information content (AvgIpc) is 2.32. The Kier molecular flexibility index (Phi) is 5.33. The van der Waals surface area contributed by atoms with Crippen LogP contribution < -0.4 is 0 Å². The van der Waals surface area contributed by atoms with E-state index in [1.54, 1.807) is 19.1 Å². The minimum atomic E-state index is -0.335. The van der Waals surface area contributed by atoms with Crippen LogP contribution in [0.2, 0.25) is 0 Å². The van der Waals surface area contributed by atoms with E-state index in [1.807, 2.05) is 6.07 Å². The molecule has 1 aromatic rings. The van der Waals surface area contributed by atoms with Gasteiger partial charge in [0.25, 0.3) is 0 Å². The van der Waals surface area contributed by atoms with Crippen molar-refractivity contribution in [2.75, 3.05) is 6.61 Å². The normalized spacial score (nSPS) is 9.76. The second-order valence-electron chi connectivity index (χ2n) is 3.37. The predicted molar refractivity (Wildman–Crippen MR) is 68.3 cm³/mol. The van der Waals surface area contributed by atoms with E-state index < -0.39 is 0 Å². The fourth-order valence-electron chi connectivity index (χ4n) is 1.43. The van der Waals surface area contributed by atoms with Crippen LogP contribution in [0.15, 0.2) is 17.0 Å². The van der Waals surface area contributed by atoms with E-state index >= 15 is 0 Å². The van der Waals surface area contributed by atoms with Gasteiger partial charge in [-0.3, -0.25) is 4.79 Å². The van der Waals surface area contributed by atoms with E-state index in [0.29, 0.717) is 22.6 Å². The zero-order chi connectivity index (χ0) is 12.8. The van der Waals surface area contributed by atoms with Gasteiger partial charge in [-0.05, 0) is 30.2 Å². The van der Waals surface area contributed by atoms with Gasteiger partial charge in [-0.25, -0.2) is 0 Å². The second-order valence-corrected chi connectivity index (χ2v) is 4.08. The largest absolute Gasteiger partial charge is 0.466 e. The lowest BCUT2D eigenvalue weighted by atomic mass is 10.0. The summed E-state index contributed by atoms with van der Waals surface area (Å²) < 4.78 is 4.86. The molecular weight excluding hydrogens is 258 g/mol. The summed E-state index contributed by atoms with van der Waals surface area (Å²) in [6, 6.07) is 5.33. The highest BCUT2D eigenvalue weighted by atomic mass is 35.5. The number of carbonyl (C=O) groups excluding carboxylic acids is 1. The zero-order valence-corrected chi connectivity index (χ0v) is 11.0. The zero-order valence-electron chi connectivity index (χ0n) is 9.36. The van der Waals surface area contributed by atoms with Gasteiger partial charge in [-0.15, -0.1) is 24.2 Å². The standard InChI is InChI=1S/C12H12ClNO2S/c1-2-16-11(15)5-9-3-8(7-14)4-10(6-13)12(9)17/h3-4,17H,2,5-6H2,1H3. The molecule has 3 nitrogen and oxygen atoms in total. The number of rotatable bonds is 4. The molecular formula is C12H12ClNO2S. The van der Waals surface area contributed by atoms with Gasteiger partial charge in [0.1, 0.15) is 0 Å². The molecule has 0 spiro atoms. The Balaban J connectivity index is 3.06. The first-order valence-electron chi connectivity index (χ1n) is 5.08. The lowest BCUT2D eigenvalue weighted by Gasteiger charge is -2.09. The molecule has 0 bridgehead atoms. The molecule has 0 saturated carbocycles. The minimum absolute atomic E-state index is 0.103. The molecule has 17 heavy (non-hydrogen) atoms. The van der Waals surface area contributed by atoms with Gasteiger partial charge < -0.3 is 4.74 Å². The second kappa shape index (κ2) is 6.53. The molecule has 0 aliphatic rings. The summed E-state index contributed by atoms with van der Waals surface area (Å²) in [4.78, 5) is 12.0. The van der Waals surface area contributed by atoms with Crippen LogP contribution in [0.5, 0.6) is 0 Å². The molecule has 0 aromatic heterocycles. The lowest BCUT2D eigenvalue weighted by molar-refractivity contribution is -0.142. The van der Waals surface area contributed by atoms with Crippen LogP contribution in [-0.4, -0.2) is 12.6 Å². The van der Waals surface area contributed by atoms with Gasteiger partial charge in [0, 0.05) is 10.8 Å². The molecule has 0 N–H and O–H groups in total. The highest BCUT2D eigenvalue weighted by Crippen LogP contribution is 2.23. The molecule has 0 aliphatic carbocycles. The van der Waals surface area contributed by atoms with Crippen LogP contribution in [0.4, 0.5) is 0 Å². The van der Waals surface area contributed by atoms with Gasteiger partial charge in [-0.2, -0.15) is 5.26 Å². The first-order chi connectivity index (χ1) is 8.12. The minimum Gasteiger partial charge on any atom is -0.466 e. The Morgan fingerprint density at radius 2 is 2.18 bits per heavy atom. The molecule has 90 valence electrons. The van der Waals surface area contributed by atoms with Crippen LogP contribution in [0.3, 0.4) is 0 Å².